The standard InChI is InChI=1S/C13H22N2OS/c1-9-7-11(5-6-16-9)14-13-15-12-4-2-3-10(12)8-17-13/h9-12H,2-8H2,1H3,(H,14,15). The van der Waals surface area contributed by atoms with Crippen LogP contribution in [0, 0.1) is 5.92 Å². The van der Waals surface area contributed by atoms with Gasteiger partial charge < -0.3 is 10.1 Å². The molecule has 4 heteroatoms. The van der Waals surface area contributed by atoms with Crippen LogP contribution in [0.25, 0.3) is 0 Å². The van der Waals surface area contributed by atoms with Crippen LogP contribution >= 0.6 is 11.8 Å². The van der Waals surface area contributed by atoms with Crippen molar-refractivity contribution in [3.05, 3.63) is 0 Å². The molecule has 1 N–H and O–H groups in total. The molecule has 1 aliphatic carbocycles. The molecule has 1 saturated carbocycles. The molecule has 0 aromatic heterocycles. The van der Waals surface area contributed by atoms with Gasteiger partial charge in [0.1, 0.15) is 0 Å². The first kappa shape index (κ1) is 11.8. The minimum absolute atomic E-state index is 0.398. The van der Waals surface area contributed by atoms with E-state index in [2.05, 4.69) is 12.2 Å². The normalized spacial score (nSPS) is 41.8. The zero-order valence-corrected chi connectivity index (χ0v) is 11.3. The number of ether oxygens (including phenoxy) is 1. The lowest BCUT2D eigenvalue weighted by atomic mass is 10.0. The molecule has 1 saturated heterocycles. The van der Waals surface area contributed by atoms with E-state index in [0.717, 1.165) is 25.4 Å². The zero-order chi connectivity index (χ0) is 11.7. The Balaban J connectivity index is 1.57. The molecule has 2 fully saturated rings. The Morgan fingerprint density at radius 2 is 2.29 bits per heavy atom. The van der Waals surface area contributed by atoms with Crippen LogP contribution in [-0.4, -0.2) is 35.7 Å². The van der Waals surface area contributed by atoms with Gasteiger partial charge in [0.15, 0.2) is 5.17 Å². The van der Waals surface area contributed by atoms with Crippen LogP contribution in [-0.2, 0) is 4.74 Å². The molecule has 0 amide bonds. The Hall–Kier alpha value is -0.220. The lowest BCUT2D eigenvalue weighted by molar-refractivity contribution is 0.0168. The molecule has 17 heavy (non-hydrogen) atoms. The predicted molar refractivity (Wildman–Crippen MR) is 72.6 cm³/mol. The molecule has 4 atom stereocenters. The highest BCUT2D eigenvalue weighted by atomic mass is 32.2. The molecule has 2 heterocycles. The van der Waals surface area contributed by atoms with Crippen molar-refractivity contribution in [1.82, 2.24) is 5.32 Å². The maximum atomic E-state index is 5.58. The molecule has 0 radical (unpaired) electrons. The Labute approximate surface area is 108 Å². The number of fused-ring (bicyclic) bond motifs is 1. The summed E-state index contributed by atoms with van der Waals surface area (Å²) in [6.45, 7) is 3.06. The second-order valence-electron chi connectivity index (χ2n) is 5.55. The van der Waals surface area contributed by atoms with Crippen molar-refractivity contribution in [2.45, 2.75) is 57.2 Å². The number of amidine groups is 1. The fraction of sp³-hybridized carbons (Fsp3) is 0.923. The third-order valence-corrected chi connectivity index (χ3v) is 5.24. The Morgan fingerprint density at radius 1 is 1.35 bits per heavy atom. The van der Waals surface area contributed by atoms with E-state index in [0.29, 0.717) is 18.2 Å². The third kappa shape index (κ3) is 2.79. The van der Waals surface area contributed by atoms with E-state index in [9.17, 15) is 0 Å². The van der Waals surface area contributed by atoms with Crippen LogP contribution in [0.1, 0.15) is 39.0 Å². The fourth-order valence-corrected chi connectivity index (χ4v) is 4.36. The van der Waals surface area contributed by atoms with Gasteiger partial charge in [-0.05, 0) is 38.5 Å². The highest BCUT2D eigenvalue weighted by Crippen LogP contribution is 2.35. The summed E-state index contributed by atoms with van der Waals surface area (Å²) in [6, 6.07) is 1.19. The number of nitrogens with zero attached hydrogens (tertiary/aromatic N) is 1. The van der Waals surface area contributed by atoms with Crippen molar-refractivity contribution in [3.8, 4) is 0 Å². The van der Waals surface area contributed by atoms with Crippen LogP contribution in [0.5, 0.6) is 0 Å². The molecule has 0 aromatic rings. The van der Waals surface area contributed by atoms with Crippen LogP contribution in [0.15, 0.2) is 4.99 Å². The molecule has 4 unspecified atom stereocenters. The Kier molecular flexibility index (Phi) is 3.61. The zero-order valence-electron chi connectivity index (χ0n) is 10.5. The molecular weight excluding hydrogens is 232 g/mol. The second kappa shape index (κ2) is 5.19. The van der Waals surface area contributed by atoms with Gasteiger partial charge in [-0.2, -0.15) is 0 Å². The highest BCUT2D eigenvalue weighted by molar-refractivity contribution is 8.13. The van der Waals surface area contributed by atoms with E-state index in [-0.39, 0.29) is 0 Å². The summed E-state index contributed by atoms with van der Waals surface area (Å²) in [7, 11) is 0. The van der Waals surface area contributed by atoms with Crippen LogP contribution in [0.2, 0.25) is 0 Å². The Morgan fingerprint density at radius 3 is 3.18 bits per heavy atom. The van der Waals surface area contributed by atoms with E-state index in [1.54, 1.807) is 0 Å². The van der Waals surface area contributed by atoms with Gasteiger partial charge in [-0.3, -0.25) is 4.99 Å². The van der Waals surface area contributed by atoms with Crippen LogP contribution < -0.4 is 5.32 Å². The molecule has 0 aromatic carbocycles. The number of nitrogens with one attached hydrogen (secondary N) is 1. The molecule has 3 rings (SSSR count). The fourth-order valence-electron chi connectivity index (χ4n) is 3.14. The summed E-state index contributed by atoms with van der Waals surface area (Å²) in [6.07, 6.45) is 6.71. The van der Waals surface area contributed by atoms with Crippen molar-refractivity contribution in [3.63, 3.8) is 0 Å². The number of hydrogen-bond acceptors (Lipinski definition) is 4. The molecular formula is C13H22N2OS. The lowest BCUT2D eigenvalue weighted by Gasteiger charge is -2.31. The first-order chi connectivity index (χ1) is 8.31. The summed E-state index contributed by atoms with van der Waals surface area (Å²) in [4.78, 5) is 4.89. The van der Waals surface area contributed by atoms with Crippen molar-refractivity contribution in [2.75, 3.05) is 12.4 Å². The summed E-state index contributed by atoms with van der Waals surface area (Å²) in [5, 5.41) is 4.83. The monoisotopic (exact) mass is 254 g/mol. The van der Waals surface area contributed by atoms with E-state index in [1.807, 2.05) is 11.8 Å². The van der Waals surface area contributed by atoms with Gasteiger partial charge in [-0.25, -0.2) is 0 Å². The van der Waals surface area contributed by atoms with Crippen LogP contribution in [0.3, 0.4) is 0 Å². The van der Waals surface area contributed by atoms with Gasteiger partial charge in [-0.1, -0.05) is 18.2 Å². The highest BCUT2D eigenvalue weighted by Gasteiger charge is 2.31. The molecule has 3 aliphatic rings. The van der Waals surface area contributed by atoms with Crippen molar-refractivity contribution < 1.29 is 4.74 Å². The van der Waals surface area contributed by atoms with Gasteiger partial charge >= 0.3 is 0 Å². The van der Waals surface area contributed by atoms with Gasteiger partial charge in [0.25, 0.3) is 0 Å². The molecule has 96 valence electrons. The van der Waals surface area contributed by atoms with Crippen molar-refractivity contribution in [1.29, 1.82) is 0 Å². The van der Waals surface area contributed by atoms with Gasteiger partial charge in [-0.15, -0.1) is 0 Å². The number of aliphatic imine (C=N–C) groups is 1. The van der Waals surface area contributed by atoms with E-state index in [4.69, 9.17) is 9.73 Å². The van der Waals surface area contributed by atoms with Crippen molar-refractivity contribution in [2.24, 2.45) is 10.9 Å². The third-order valence-electron chi connectivity index (χ3n) is 4.15. The molecule has 2 aliphatic heterocycles. The Bertz CT molecular complexity index is 308. The lowest BCUT2D eigenvalue weighted by Crippen LogP contribution is -2.42. The summed E-state index contributed by atoms with van der Waals surface area (Å²) in [5.41, 5.74) is 0. The SMILES string of the molecule is CC1CC(NC2=NC3CCCC3CS2)CCO1. The minimum atomic E-state index is 0.398. The van der Waals surface area contributed by atoms with Gasteiger partial charge in [0.05, 0.1) is 12.1 Å². The van der Waals surface area contributed by atoms with Crippen molar-refractivity contribution >= 4 is 16.9 Å². The van der Waals surface area contributed by atoms with Gasteiger partial charge in [0.2, 0.25) is 0 Å². The minimum Gasteiger partial charge on any atom is -0.378 e. The maximum Gasteiger partial charge on any atom is 0.157 e. The smallest absolute Gasteiger partial charge is 0.157 e. The number of rotatable bonds is 1. The van der Waals surface area contributed by atoms with Crippen LogP contribution in [0.4, 0.5) is 0 Å². The van der Waals surface area contributed by atoms with E-state index >= 15 is 0 Å². The average molecular weight is 254 g/mol. The predicted octanol–water partition coefficient (Wildman–Crippen LogP) is 2.42. The molecule has 0 bridgehead atoms. The number of hydrogen-bond donors (Lipinski definition) is 1. The summed E-state index contributed by atoms with van der Waals surface area (Å²) >= 11 is 1.93. The first-order valence-electron chi connectivity index (χ1n) is 6.90. The maximum absolute atomic E-state index is 5.58. The summed E-state index contributed by atoms with van der Waals surface area (Å²) < 4.78 is 5.58. The number of thioether (sulfide) groups is 1. The van der Waals surface area contributed by atoms with E-state index < -0.39 is 0 Å². The quantitative estimate of drug-likeness (QED) is 0.780. The molecule has 0 spiro atoms. The molecule has 3 nitrogen and oxygen atoms in total. The summed E-state index contributed by atoms with van der Waals surface area (Å²) in [5.74, 6) is 2.13. The topological polar surface area (TPSA) is 33.6 Å². The van der Waals surface area contributed by atoms with E-state index in [1.165, 1.54) is 30.2 Å². The van der Waals surface area contributed by atoms with Gasteiger partial charge in [0, 0.05) is 18.4 Å². The first-order valence-corrected chi connectivity index (χ1v) is 7.88. The second-order valence-corrected chi connectivity index (χ2v) is 6.56. The average Bonchev–Trinajstić information content (AvgIpc) is 2.76. The largest absolute Gasteiger partial charge is 0.378 e.